The molecule has 5 heteroatoms. The van der Waals surface area contributed by atoms with Gasteiger partial charge in [-0.1, -0.05) is 12.1 Å². The minimum Gasteiger partial charge on any atom is -0.396 e. The Labute approximate surface area is 148 Å². The molecule has 5 nitrogen and oxygen atoms in total. The molecule has 132 valence electrons. The van der Waals surface area contributed by atoms with E-state index in [9.17, 15) is 9.90 Å². The van der Waals surface area contributed by atoms with Crippen LogP contribution in [0.4, 0.5) is 11.5 Å². The van der Waals surface area contributed by atoms with Crippen molar-refractivity contribution in [3.8, 4) is 0 Å². The Kier molecular flexibility index (Phi) is 5.34. The monoisotopic (exact) mass is 339 g/mol. The van der Waals surface area contributed by atoms with Crippen LogP contribution in [0.25, 0.3) is 0 Å². The Balaban J connectivity index is 1.79. The maximum Gasteiger partial charge on any atom is 0.256 e. The second kappa shape index (κ2) is 7.66. The standard InChI is InChI=1S/C20H25N3O2/c1-14-5-3-6-17(15(14)2)20(25)22-18-7-4-10-21-19(18)23-11-8-16(13-24)9-12-23/h3-7,10,16,24H,8-9,11-13H2,1-2H3,(H,22,25). The highest BCUT2D eigenvalue weighted by Gasteiger charge is 2.22. The molecule has 1 fully saturated rings. The zero-order valence-corrected chi connectivity index (χ0v) is 14.8. The normalized spacial score (nSPS) is 15.2. The van der Waals surface area contributed by atoms with Gasteiger partial charge in [-0.15, -0.1) is 0 Å². The van der Waals surface area contributed by atoms with Crippen LogP contribution in [0.2, 0.25) is 0 Å². The third-order valence-electron chi connectivity index (χ3n) is 5.06. The van der Waals surface area contributed by atoms with Crippen LogP contribution in [0, 0.1) is 19.8 Å². The number of piperidine rings is 1. The lowest BCUT2D eigenvalue weighted by Gasteiger charge is -2.33. The fourth-order valence-electron chi connectivity index (χ4n) is 3.26. The van der Waals surface area contributed by atoms with Crippen molar-refractivity contribution < 1.29 is 9.90 Å². The number of aliphatic hydroxyl groups is 1. The third-order valence-corrected chi connectivity index (χ3v) is 5.06. The fourth-order valence-corrected chi connectivity index (χ4v) is 3.26. The summed E-state index contributed by atoms with van der Waals surface area (Å²) in [5.41, 5.74) is 3.52. The summed E-state index contributed by atoms with van der Waals surface area (Å²) in [6.45, 7) is 5.90. The summed E-state index contributed by atoms with van der Waals surface area (Å²) in [5.74, 6) is 1.06. The van der Waals surface area contributed by atoms with Gasteiger partial charge in [0.05, 0.1) is 5.69 Å². The SMILES string of the molecule is Cc1cccc(C(=O)Nc2cccnc2N2CCC(CO)CC2)c1C. The van der Waals surface area contributed by atoms with Gasteiger partial charge in [0.2, 0.25) is 0 Å². The molecule has 1 aromatic carbocycles. The molecule has 1 aliphatic heterocycles. The van der Waals surface area contributed by atoms with E-state index in [1.807, 2.05) is 44.2 Å². The number of amides is 1. The molecule has 1 aromatic heterocycles. The van der Waals surface area contributed by atoms with Gasteiger partial charge in [0.15, 0.2) is 5.82 Å². The van der Waals surface area contributed by atoms with Crippen LogP contribution in [0.5, 0.6) is 0 Å². The number of aryl methyl sites for hydroxylation is 1. The van der Waals surface area contributed by atoms with Crippen molar-refractivity contribution in [3.63, 3.8) is 0 Å². The van der Waals surface area contributed by atoms with Gasteiger partial charge in [-0.3, -0.25) is 4.79 Å². The number of carbonyl (C=O) groups is 1. The Morgan fingerprint density at radius 2 is 2.00 bits per heavy atom. The number of benzene rings is 1. The number of hydrogen-bond donors (Lipinski definition) is 2. The maximum absolute atomic E-state index is 12.7. The molecule has 2 heterocycles. The molecule has 0 aliphatic carbocycles. The molecular weight excluding hydrogens is 314 g/mol. The third kappa shape index (κ3) is 3.82. The molecule has 3 rings (SSSR count). The number of rotatable bonds is 4. The first-order chi connectivity index (χ1) is 12.1. The van der Waals surface area contributed by atoms with Crippen LogP contribution in [-0.2, 0) is 0 Å². The van der Waals surface area contributed by atoms with E-state index < -0.39 is 0 Å². The van der Waals surface area contributed by atoms with E-state index in [0.717, 1.165) is 48.6 Å². The molecule has 0 atom stereocenters. The number of pyridine rings is 1. The number of hydrogen-bond acceptors (Lipinski definition) is 4. The molecule has 0 spiro atoms. The van der Waals surface area contributed by atoms with E-state index in [4.69, 9.17) is 0 Å². The maximum atomic E-state index is 12.7. The average Bonchev–Trinajstić information content (AvgIpc) is 2.64. The van der Waals surface area contributed by atoms with Gasteiger partial charge in [0.1, 0.15) is 0 Å². The number of anilines is 2. The second-order valence-corrected chi connectivity index (χ2v) is 6.69. The zero-order chi connectivity index (χ0) is 17.8. The molecule has 2 aromatic rings. The van der Waals surface area contributed by atoms with Crippen LogP contribution in [0.15, 0.2) is 36.5 Å². The lowest BCUT2D eigenvalue weighted by Crippen LogP contribution is -2.36. The summed E-state index contributed by atoms with van der Waals surface area (Å²) in [4.78, 5) is 19.4. The summed E-state index contributed by atoms with van der Waals surface area (Å²) in [5, 5.41) is 12.3. The lowest BCUT2D eigenvalue weighted by atomic mass is 9.98. The average molecular weight is 339 g/mol. The molecule has 1 amide bonds. The van der Waals surface area contributed by atoms with Gasteiger partial charge in [0.25, 0.3) is 5.91 Å². The largest absolute Gasteiger partial charge is 0.396 e. The minimum absolute atomic E-state index is 0.110. The number of carbonyl (C=O) groups excluding carboxylic acids is 1. The van der Waals surface area contributed by atoms with Crippen LogP contribution in [0.1, 0.15) is 34.3 Å². The summed E-state index contributed by atoms with van der Waals surface area (Å²) in [7, 11) is 0. The molecule has 0 saturated carbocycles. The van der Waals surface area contributed by atoms with E-state index in [1.54, 1.807) is 6.20 Å². The second-order valence-electron chi connectivity index (χ2n) is 6.69. The molecule has 0 radical (unpaired) electrons. The molecule has 25 heavy (non-hydrogen) atoms. The number of nitrogens with one attached hydrogen (secondary N) is 1. The minimum atomic E-state index is -0.110. The molecular formula is C20H25N3O2. The zero-order valence-electron chi connectivity index (χ0n) is 14.8. The van der Waals surface area contributed by atoms with Crippen LogP contribution >= 0.6 is 0 Å². The Bertz CT molecular complexity index is 752. The highest BCUT2D eigenvalue weighted by atomic mass is 16.3. The summed E-state index contributed by atoms with van der Waals surface area (Å²) in [6.07, 6.45) is 3.63. The van der Waals surface area contributed by atoms with Crippen molar-refractivity contribution in [1.29, 1.82) is 0 Å². The first kappa shape index (κ1) is 17.4. The van der Waals surface area contributed by atoms with Crippen LogP contribution in [0.3, 0.4) is 0 Å². The fraction of sp³-hybridized carbons (Fsp3) is 0.400. The molecule has 0 bridgehead atoms. The van der Waals surface area contributed by atoms with Crippen molar-refractivity contribution in [1.82, 2.24) is 4.98 Å². The predicted octanol–water partition coefficient (Wildman–Crippen LogP) is 3.16. The van der Waals surface area contributed by atoms with E-state index in [1.165, 1.54) is 0 Å². The van der Waals surface area contributed by atoms with Gasteiger partial charge in [-0.25, -0.2) is 4.98 Å². The van der Waals surface area contributed by atoms with Gasteiger partial charge < -0.3 is 15.3 Å². The number of aromatic nitrogens is 1. The quantitative estimate of drug-likeness (QED) is 0.898. The smallest absolute Gasteiger partial charge is 0.256 e. The van der Waals surface area contributed by atoms with E-state index in [0.29, 0.717) is 11.5 Å². The lowest BCUT2D eigenvalue weighted by molar-refractivity contribution is 0.102. The highest BCUT2D eigenvalue weighted by Crippen LogP contribution is 2.28. The topological polar surface area (TPSA) is 65.5 Å². The summed E-state index contributed by atoms with van der Waals surface area (Å²) in [6, 6.07) is 9.49. The highest BCUT2D eigenvalue weighted by molar-refractivity contribution is 6.06. The van der Waals surface area contributed by atoms with Gasteiger partial charge >= 0.3 is 0 Å². The molecule has 0 unspecified atom stereocenters. The van der Waals surface area contributed by atoms with Gasteiger partial charge in [-0.2, -0.15) is 0 Å². The molecule has 2 N–H and O–H groups in total. The van der Waals surface area contributed by atoms with Crippen molar-refractivity contribution in [2.45, 2.75) is 26.7 Å². The van der Waals surface area contributed by atoms with Crippen molar-refractivity contribution in [3.05, 3.63) is 53.2 Å². The Hall–Kier alpha value is -2.40. The Morgan fingerprint density at radius 1 is 1.24 bits per heavy atom. The van der Waals surface area contributed by atoms with Crippen molar-refractivity contribution in [2.24, 2.45) is 5.92 Å². The van der Waals surface area contributed by atoms with E-state index in [-0.39, 0.29) is 12.5 Å². The van der Waals surface area contributed by atoms with Gasteiger partial charge in [0, 0.05) is 31.5 Å². The Morgan fingerprint density at radius 3 is 2.72 bits per heavy atom. The van der Waals surface area contributed by atoms with Crippen LogP contribution in [-0.4, -0.2) is 35.7 Å². The van der Waals surface area contributed by atoms with E-state index in [2.05, 4.69) is 15.2 Å². The summed E-state index contributed by atoms with van der Waals surface area (Å²) >= 11 is 0. The predicted molar refractivity (Wildman–Crippen MR) is 100 cm³/mol. The summed E-state index contributed by atoms with van der Waals surface area (Å²) < 4.78 is 0. The molecule has 1 aliphatic rings. The van der Waals surface area contributed by atoms with E-state index >= 15 is 0 Å². The molecule has 1 saturated heterocycles. The first-order valence-electron chi connectivity index (χ1n) is 8.78. The first-order valence-corrected chi connectivity index (χ1v) is 8.78. The van der Waals surface area contributed by atoms with Gasteiger partial charge in [-0.05, 0) is 61.9 Å². The number of nitrogens with zero attached hydrogens (tertiary/aromatic N) is 2. The van der Waals surface area contributed by atoms with Crippen LogP contribution < -0.4 is 10.2 Å². The van der Waals surface area contributed by atoms with Crippen molar-refractivity contribution in [2.75, 3.05) is 29.9 Å². The number of aliphatic hydroxyl groups excluding tert-OH is 1. The van der Waals surface area contributed by atoms with Crippen molar-refractivity contribution >= 4 is 17.4 Å².